The smallest absolute Gasteiger partial charge is 0.228 e. The molecule has 6 heteroatoms. The number of amides is 2. The first kappa shape index (κ1) is 19.7. The van der Waals surface area contributed by atoms with Gasteiger partial charge in [-0.3, -0.25) is 14.5 Å². The molecule has 1 aromatic carbocycles. The molecule has 1 atom stereocenters. The highest BCUT2D eigenvalue weighted by atomic mass is 16.5. The maximum Gasteiger partial charge on any atom is 0.228 e. The maximum absolute atomic E-state index is 12.8. The zero-order valence-electron chi connectivity index (χ0n) is 16.7. The van der Waals surface area contributed by atoms with E-state index in [4.69, 9.17) is 4.74 Å². The molecule has 2 aliphatic heterocycles. The van der Waals surface area contributed by atoms with Crippen molar-refractivity contribution in [2.45, 2.75) is 32.7 Å². The Hall–Kier alpha value is -2.08. The summed E-state index contributed by atoms with van der Waals surface area (Å²) in [5, 5.41) is 0. The van der Waals surface area contributed by atoms with E-state index in [0.29, 0.717) is 19.6 Å². The fraction of sp³-hybridized carbons (Fsp3) is 0.619. The molecule has 27 heavy (non-hydrogen) atoms. The minimum atomic E-state index is -0.219. The molecule has 1 aromatic rings. The summed E-state index contributed by atoms with van der Waals surface area (Å²) in [6, 6.07) is 9.82. The van der Waals surface area contributed by atoms with Crippen LogP contribution >= 0.6 is 0 Å². The van der Waals surface area contributed by atoms with Crippen molar-refractivity contribution in [1.82, 2.24) is 14.7 Å². The number of para-hydroxylation sites is 1. The number of hydrogen-bond acceptors (Lipinski definition) is 4. The van der Waals surface area contributed by atoms with Gasteiger partial charge in [-0.2, -0.15) is 0 Å². The van der Waals surface area contributed by atoms with Crippen molar-refractivity contribution in [1.29, 1.82) is 0 Å². The van der Waals surface area contributed by atoms with Gasteiger partial charge in [-0.25, -0.2) is 0 Å². The van der Waals surface area contributed by atoms with E-state index >= 15 is 0 Å². The average Bonchev–Trinajstić information content (AvgIpc) is 3.05. The number of carbonyl (C=O) groups is 2. The number of likely N-dealkylation sites (tertiary alicyclic amines) is 1. The van der Waals surface area contributed by atoms with Gasteiger partial charge in [0.2, 0.25) is 11.8 Å². The van der Waals surface area contributed by atoms with Crippen LogP contribution in [-0.2, 0) is 9.59 Å². The lowest BCUT2D eigenvalue weighted by Gasteiger charge is -2.36. The van der Waals surface area contributed by atoms with Crippen LogP contribution in [-0.4, -0.2) is 77.9 Å². The van der Waals surface area contributed by atoms with Crippen LogP contribution in [0.4, 0.5) is 0 Å². The number of nitrogens with zero attached hydrogens (tertiary/aromatic N) is 3. The molecular formula is C21H31N3O3. The van der Waals surface area contributed by atoms with Crippen molar-refractivity contribution >= 4 is 11.8 Å². The van der Waals surface area contributed by atoms with Crippen LogP contribution in [0.3, 0.4) is 0 Å². The SMILES string of the molecule is CC(C)(C)N1C[C@H](C(=O)N2CCN(CCOc3ccccc3)CC2)CC1=O. The lowest BCUT2D eigenvalue weighted by molar-refractivity contribution is -0.137. The second kappa shape index (κ2) is 8.30. The average molecular weight is 373 g/mol. The number of ether oxygens (including phenoxy) is 1. The van der Waals surface area contributed by atoms with Gasteiger partial charge in [-0.1, -0.05) is 18.2 Å². The lowest BCUT2D eigenvalue weighted by atomic mass is 10.1. The van der Waals surface area contributed by atoms with Gasteiger partial charge < -0.3 is 14.5 Å². The zero-order valence-corrected chi connectivity index (χ0v) is 16.7. The first-order chi connectivity index (χ1) is 12.8. The quantitative estimate of drug-likeness (QED) is 0.791. The maximum atomic E-state index is 12.8. The normalized spacial score (nSPS) is 21.6. The summed E-state index contributed by atoms with van der Waals surface area (Å²) >= 11 is 0. The number of hydrogen-bond donors (Lipinski definition) is 0. The molecule has 3 rings (SSSR count). The number of benzene rings is 1. The van der Waals surface area contributed by atoms with Crippen molar-refractivity contribution in [2.24, 2.45) is 5.92 Å². The zero-order chi connectivity index (χ0) is 19.4. The van der Waals surface area contributed by atoms with Crippen molar-refractivity contribution in [3.05, 3.63) is 30.3 Å². The fourth-order valence-electron chi connectivity index (χ4n) is 3.78. The van der Waals surface area contributed by atoms with E-state index in [1.54, 1.807) is 0 Å². The molecule has 0 aliphatic carbocycles. The summed E-state index contributed by atoms with van der Waals surface area (Å²) in [7, 11) is 0. The van der Waals surface area contributed by atoms with Crippen LogP contribution in [0.1, 0.15) is 27.2 Å². The number of carbonyl (C=O) groups excluding carboxylic acids is 2. The predicted molar refractivity (Wildman–Crippen MR) is 105 cm³/mol. The van der Waals surface area contributed by atoms with Crippen LogP contribution in [0.15, 0.2) is 30.3 Å². The van der Waals surface area contributed by atoms with Gasteiger partial charge in [0.15, 0.2) is 0 Å². The van der Waals surface area contributed by atoms with Gasteiger partial charge >= 0.3 is 0 Å². The molecule has 2 aliphatic rings. The van der Waals surface area contributed by atoms with E-state index in [1.807, 2.05) is 60.9 Å². The molecule has 2 fully saturated rings. The summed E-state index contributed by atoms with van der Waals surface area (Å²) in [4.78, 5) is 31.2. The molecule has 2 saturated heterocycles. The largest absolute Gasteiger partial charge is 0.492 e. The van der Waals surface area contributed by atoms with Crippen LogP contribution in [0.5, 0.6) is 5.75 Å². The molecule has 0 aromatic heterocycles. The van der Waals surface area contributed by atoms with Crippen LogP contribution < -0.4 is 4.74 Å². The lowest BCUT2D eigenvalue weighted by Crippen LogP contribution is -2.51. The van der Waals surface area contributed by atoms with Crippen LogP contribution in [0.2, 0.25) is 0 Å². The molecule has 6 nitrogen and oxygen atoms in total. The predicted octanol–water partition coefficient (Wildman–Crippen LogP) is 1.86. The Bertz CT molecular complexity index is 648. The highest BCUT2D eigenvalue weighted by Crippen LogP contribution is 2.27. The van der Waals surface area contributed by atoms with E-state index in [9.17, 15) is 9.59 Å². The number of piperazine rings is 1. The van der Waals surface area contributed by atoms with Gasteiger partial charge in [-0.15, -0.1) is 0 Å². The fourth-order valence-corrected chi connectivity index (χ4v) is 3.78. The number of rotatable bonds is 5. The Labute approximate surface area is 162 Å². The Balaban J connectivity index is 1.41. The van der Waals surface area contributed by atoms with Crippen LogP contribution in [0.25, 0.3) is 0 Å². The Morgan fingerprint density at radius 2 is 1.78 bits per heavy atom. The van der Waals surface area contributed by atoms with Gasteiger partial charge in [-0.05, 0) is 32.9 Å². The van der Waals surface area contributed by atoms with Crippen molar-refractivity contribution in [3.8, 4) is 5.75 Å². The molecule has 0 radical (unpaired) electrons. The van der Waals surface area contributed by atoms with E-state index in [-0.39, 0.29) is 23.3 Å². The van der Waals surface area contributed by atoms with E-state index in [1.165, 1.54) is 0 Å². The first-order valence-electron chi connectivity index (χ1n) is 9.84. The van der Waals surface area contributed by atoms with Crippen molar-refractivity contribution in [2.75, 3.05) is 45.9 Å². The van der Waals surface area contributed by atoms with E-state index in [2.05, 4.69) is 4.90 Å². The van der Waals surface area contributed by atoms with E-state index in [0.717, 1.165) is 38.5 Å². The van der Waals surface area contributed by atoms with Crippen molar-refractivity contribution < 1.29 is 14.3 Å². The minimum Gasteiger partial charge on any atom is -0.492 e. The standard InChI is InChI=1S/C21H31N3O3/c1-21(2,3)24-16-17(15-19(24)25)20(26)23-11-9-22(10-12-23)13-14-27-18-7-5-4-6-8-18/h4-8,17H,9-16H2,1-3H3/t17-/m1/s1. The minimum absolute atomic E-state index is 0.0950. The van der Waals surface area contributed by atoms with Gasteiger partial charge in [0.25, 0.3) is 0 Å². The van der Waals surface area contributed by atoms with Gasteiger partial charge in [0.1, 0.15) is 12.4 Å². The molecule has 0 N–H and O–H groups in total. The molecule has 148 valence electrons. The Morgan fingerprint density at radius 3 is 2.37 bits per heavy atom. The van der Waals surface area contributed by atoms with Crippen LogP contribution in [0, 0.1) is 5.92 Å². The summed E-state index contributed by atoms with van der Waals surface area (Å²) < 4.78 is 5.75. The summed E-state index contributed by atoms with van der Waals surface area (Å²) in [5.41, 5.74) is -0.219. The highest BCUT2D eigenvalue weighted by molar-refractivity contribution is 5.89. The third kappa shape index (κ3) is 5.01. The molecule has 0 saturated carbocycles. The molecule has 0 spiro atoms. The molecular weight excluding hydrogens is 342 g/mol. The molecule has 0 unspecified atom stereocenters. The topological polar surface area (TPSA) is 53.1 Å². The molecule has 2 heterocycles. The van der Waals surface area contributed by atoms with Gasteiger partial charge in [0.05, 0.1) is 5.92 Å². The third-order valence-corrected chi connectivity index (χ3v) is 5.39. The third-order valence-electron chi connectivity index (χ3n) is 5.39. The second-order valence-electron chi connectivity index (χ2n) is 8.40. The summed E-state index contributed by atoms with van der Waals surface area (Å²) in [6.07, 6.45) is 0.348. The molecule has 2 amide bonds. The Morgan fingerprint density at radius 1 is 1.11 bits per heavy atom. The first-order valence-corrected chi connectivity index (χ1v) is 9.84. The molecule has 0 bridgehead atoms. The van der Waals surface area contributed by atoms with E-state index < -0.39 is 0 Å². The monoisotopic (exact) mass is 373 g/mol. The van der Waals surface area contributed by atoms with Gasteiger partial charge in [0, 0.05) is 51.2 Å². The summed E-state index contributed by atoms with van der Waals surface area (Å²) in [6.45, 7) is 11.3. The second-order valence-corrected chi connectivity index (χ2v) is 8.40. The highest BCUT2D eigenvalue weighted by Gasteiger charge is 2.41. The van der Waals surface area contributed by atoms with Crippen molar-refractivity contribution in [3.63, 3.8) is 0 Å². The Kier molecular flexibility index (Phi) is 6.05. The summed E-state index contributed by atoms with van der Waals surface area (Å²) in [5.74, 6) is 0.929.